The first-order valence-corrected chi connectivity index (χ1v) is 6.15. The largest absolute Gasteiger partial charge is 0.389 e. The zero-order chi connectivity index (χ0) is 13.4. The molecule has 3 atom stereocenters. The van der Waals surface area contributed by atoms with Crippen LogP contribution in [0, 0.1) is 5.92 Å². The topological polar surface area (TPSA) is 84.6 Å². The SMILES string of the molecule is CC(C)CC(C)OCC(O)CNC(C)C(N)=O. The number of carbonyl (C=O) groups excluding carboxylic acids is 1. The molecule has 1 amide bonds. The van der Waals surface area contributed by atoms with Gasteiger partial charge in [-0.05, 0) is 26.2 Å². The standard InChI is InChI=1S/C12H26N2O3/c1-8(2)5-9(3)17-7-11(15)6-14-10(4)12(13)16/h8-11,14-15H,5-7H2,1-4H3,(H2,13,16). The number of amides is 1. The summed E-state index contributed by atoms with van der Waals surface area (Å²) in [6.45, 7) is 8.49. The lowest BCUT2D eigenvalue weighted by Gasteiger charge is -2.19. The van der Waals surface area contributed by atoms with Crippen molar-refractivity contribution in [2.24, 2.45) is 11.7 Å². The lowest BCUT2D eigenvalue weighted by atomic mass is 10.1. The molecule has 0 aromatic carbocycles. The summed E-state index contributed by atoms with van der Waals surface area (Å²) in [5, 5.41) is 12.5. The summed E-state index contributed by atoms with van der Waals surface area (Å²) in [4.78, 5) is 10.7. The van der Waals surface area contributed by atoms with E-state index >= 15 is 0 Å². The van der Waals surface area contributed by atoms with E-state index in [1.54, 1.807) is 6.92 Å². The Bertz CT molecular complexity index is 222. The maximum absolute atomic E-state index is 10.7. The Morgan fingerprint density at radius 1 is 1.35 bits per heavy atom. The Morgan fingerprint density at radius 2 is 1.94 bits per heavy atom. The minimum absolute atomic E-state index is 0.137. The van der Waals surface area contributed by atoms with E-state index in [2.05, 4.69) is 19.2 Å². The van der Waals surface area contributed by atoms with E-state index in [0.29, 0.717) is 12.5 Å². The third-order valence-electron chi connectivity index (χ3n) is 2.46. The van der Waals surface area contributed by atoms with Crippen LogP contribution in [-0.2, 0) is 9.53 Å². The fourth-order valence-corrected chi connectivity index (χ4v) is 1.48. The van der Waals surface area contributed by atoms with Gasteiger partial charge < -0.3 is 20.9 Å². The Hall–Kier alpha value is -0.650. The molecule has 0 radical (unpaired) electrons. The number of hydrogen-bond donors (Lipinski definition) is 3. The molecule has 5 heteroatoms. The highest BCUT2D eigenvalue weighted by atomic mass is 16.5. The number of hydrogen-bond acceptors (Lipinski definition) is 4. The molecule has 0 aliphatic rings. The molecule has 17 heavy (non-hydrogen) atoms. The Labute approximate surface area is 104 Å². The second-order valence-corrected chi connectivity index (χ2v) is 4.96. The second kappa shape index (κ2) is 8.44. The van der Waals surface area contributed by atoms with Crippen LogP contribution in [0.25, 0.3) is 0 Å². The van der Waals surface area contributed by atoms with Crippen molar-refractivity contribution in [2.75, 3.05) is 13.2 Å². The summed E-state index contributed by atoms with van der Waals surface area (Å²) in [5.41, 5.74) is 5.08. The Morgan fingerprint density at radius 3 is 2.41 bits per heavy atom. The van der Waals surface area contributed by atoms with Crippen LogP contribution in [0.2, 0.25) is 0 Å². The lowest BCUT2D eigenvalue weighted by Crippen LogP contribution is -2.43. The van der Waals surface area contributed by atoms with E-state index in [1.165, 1.54) is 0 Å². The van der Waals surface area contributed by atoms with Crippen molar-refractivity contribution in [3.63, 3.8) is 0 Å². The molecule has 0 aliphatic heterocycles. The normalized spacial score (nSPS) is 16.8. The number of nitrogens with two attached hydrogens (primary N) is 1. The molecule has 0 aromatic heterocycles. The van der Waals surface area contributed by atoms with Crippen LogP contribution in [-0.4, -0.2) is 42.4 Å². The first-order valence-electron chi connectivity index (χ1n) is 6.15. The van der Waals surface area contributed by atoms with E-state index in [-0.39, 0.29) is 12.7 Å². The predicted molar refractivity (Wildman–Crippen MR) is 67.5 cm³/mol. The molecule has 0 heterocycles. The number of primary amides is 1. The van der Waals surface area contributed by atoms with E-state index in [0.717, 1.165) is 6.42 Å². The molecular weight excluding hydrogens is 220 g/mol. The van der Waals surface area contributed by atoms with E-state index in [4.69, 9.17) is 10.5 Å². The van der Waals surface area contributed by atoms with Crippen LogP contribution in [0.1, 0.15) is 34.1 Å². The van der Waals surface area contributed by atoms with Crippen molar-refractivity contribution in [1.29, 1.82) is 0 Å². The van der Waals surface area contributed by atoms with Gasteiger partial charge in [-0.25, -0.2) is 0 Å². The number of aliphatic hydroxyl groups is 1. The molecule has 102 valence electrons. The first-order chi connectivity index (χ1) is 7.82. The van der Waals surface area contributed by atoms with Crippen molar-refractivity contribution in [3.05, 3.63) is 0 Å². The van der Waals surface area contributed by atoms with Gasteiger partial charge in [0.15, 0.2) is 0 Å². The van der Waals surface area contributed by atoms with Crippen LogP contribution in [0.3, 0.4) is 0 Å². The molecule has 4 N–H and O–H groups in total. The lowest BCUT2D eigenvalue weighted by molar-refractivity contribution is -0.119. The minimum atomic E-state index is -0.619. The number of ether oxygens (including phenoxy) is 1. The molecule has 0 saturated heterocycles. The third kappa shape index (κ3) is 9.09. The fraction of sp³-hybridized carbons (Fsp3) is 0.917. The van der Waals surface area contributed by atoms with E-state index in [1.807, 2.05) is 6.92 Å². The van der Waals surface area contributed by atoms with Gasteiger partial charge in [0.05, 0.1) is 24.9 Å². The summed E-state index contributed by atoms with van der Waals surface area (Å²) in [5.74, 6) is 0.154. The van der Waals surface area contributed by atoms with Gasteiger partial charge in [0.1, 0.15) is 0 Å². The summed E-state index contributed by atoms with van der Waals surface area (Å²) < 4.78 is 5.50. The van der Waals surface area contributed by atoms with Crippen LogP contribution >= 0.6 is 0 Å². The number of carbonyl (C=O) groups is 1. The fourth-order valence-electron chi connectivity index (χ4n) is 1.48. The molecule has 3 unspecified atom stereocenters. The van der Waals surface area contributed by atoms with Crippen LogP contribution in [0.4, 0.5) is 0 Å². The molecule has 0 rings (SSSR count). The molecular formula is C12H26N2O3. The highest BCUT2D eigenvalue weighted by Crippen LogP contribution is 2.07. The zero-order valence-electron chi connectivity index (χ0n) is 11.3. The summed E-state index contributed by atoms with van der Waals surface area (Å²) >= 11 is 0. The molecule has 5 nitrogen and oxygen atoms in total. The molecule has 0 bridgehead atoms. The van der Waals surface area contributed by atoms with Crippen molar-refractivity contribution < 1.29 is 14.6 Å². The van der Waals surface area contributed by atoms with Gasteiger partial charge >= 0.3 is 0 Å². The van der Waals surface area contributed by atoms with Crippen molar-refractivity contribution in [2.45, 2.75) is 52.4 Å². The van der Waals surface area contributed by atoms with E-state index in [9.17, 15) is 9.90 Å². The molecule has 0 spiro atoms. The van der Waals surface area contributed by atoms with Gasteiger partial charge in [-0.1, -0.05) is 13.8 Å². The third-order valence-corrected chi connectivity index (χ3v) is 2.46. The average Bonchev–Trinajstić information content (AvgIpc) is 2.21. The van der Waals surface area contributed by atoms with Crippen LogP contribution in [0.5, 0.6) is 0 Å². The van der Waals surface area contributed by atoms with Gasteiger partial charge in [-0.2, -0.15) is 0 Å². The predicted octanol–water partition coefficient (Wildman–Crippen LogP) is 0.262. The van der Waals surface area contributed by atoms with Gasteiger partial charge in [-0.15, -0.1) is 0 Å². The smallest absolute Gasteiger partial charge is 0.234 e. The van der Waals surface area contributed by atoms with Gasteiger partial charge in [0, 0.05) is 6.54 Å². The number of nitrogens with one attached hydrogen (secondary N) is 1. The molecule has 0 saturated carbocycles. The quantitative estimate of drug-likeness (QED) is 0.545. The monoisotopic (exact) mass is 246 g/mol. The molecule has 0 fully saturated rings. The van der Waals surface area contributed by atoms with Gasteiger partial charge in [0.2, 0.25) is 5.91 Å². The highest BCUT2D eigenvalue weighted by Gasteiger charge is 2.12. The molecule has 0 aromatic rings. The zero-order valence-corrected chi connectivity index (χ0v) is 11.3. The van der Waals surface area contributed by atoms with Crippen LogP contribution < -0.4 is 11.1 Å². The maximum Gasteiger partial charge on any atom is 0.234 e. The molecule has 0 aliphatic carbocycles. The number of rotatable bonds is 9. The van der Waals surface area contributed by atoms with Crippen molar-refractivity contribution in [1.82, 2.24) is 5.32 Å². The first kappa shape index (κ1) is 16.4. The van der Waals surface area contributed by atoms with Crippen LogP contribution in [0.15, 0.2) is 0 Å². The van der Waals surface area contributed by atoms with Crippen molar-refractivity contribution >= 4 is 5.91 Å². The second-order valence-electron chi connectivity index (χ2n) is 4.96. The summed E-state index contributed by atoms with van der Waals surface area (Å²) in [6.07, 6.45) is 0.488. The van der Waals surface area contributed by atoms with Crippen molar-refractivity contribution in [3.8, 4) is 0 Å². The average molecular weight is 246 g/mol. The van der Waals surface area contributed by atoms with E-state index < -0.39 is 18.1 Å². The van der Waals surface area contributed by atoms with Gasteiger partial charge in [-0.3, -0.25) is 4.79 Å². The minimum Gasteiger partial charge on any atom is -0.389 e. The highest BCUT2D eigenvalue weighted by molar-refractivity contribution is 5.79. The summed E-state index contributed by atoms with van der Waals surface area (Å²) in [6, 6.07) is -0.433. The Balaban J connectivity index is 3.65. The Kier molecular flexibility index (Phi) is 8.12. The van der Waals surface area contributed by atoms with Gasteiger partial charge in [0.25, 0.3) is 0 Å². The number of aliphatic hydroxyl groups excluding tert-OH is 1. The summed E-state index contributed by atoms with van der Waals surface area (Å²) in [7, 11) is 0. The maximum atomic E-state index is 10.7.